The summed E-state index contributed by atoms with van der Waals surface area (Å²) in [7, 11) is 0. The SMILES string of the molecule is CC1C(O)N2C(=O)N1C(O)C2O. The summed E-state index contributed by atoms with van der Waals surface area (Å²) in [5.74, 6) is 0. The summed E-state index contributed by atoms with van der Waals surface area (Å²) >= 11 is 0. The van der Waals surface area contributed by atoms with E-state index in [1.54, 1.807) is 6.92 Å². The van der Waals surface area contributed by atoms with Gasteiger partial charge in [-0.2, -0.15) is 0 Å². The molecule has 3 N–H and O–H groups in total. The standard InChI is InChI=1S/C6H10N2O4/c1-2-3(9)8-5(11)4(10)7(2)6(8)12/h2-5,9-11H,1H3. The highest BCUT2D eigenvalue weighted by molar-refractivity contribution is 5.80. The monoisotopic (exact) mass is 174 g/mol. The minimum atomic E-state index is -1.30. The van der Waals surface area contributed by atoms with Crippen LogP contribution in [0, 0.1) is 0 Å². The summed E-state index contributed by atoms with van der Waals surface area (Å²) in [6.45, 7) is 1.61. The van der Waals surface area contributed by atoms with Crippen LogP contribution < -0.4 is 0 Å². The van der Waals surface area contributed by atoms with Gasteiger partial charge in [0.1, 0.15) is 0 Å². The van der Waals surface area contributed by atoms with Crippen LogP contribution in [0.5, 0.6) is 0 Å². The van der Waals surface area contributed by atoms with Crippen LogP contribution in [-0.2, 0) is 0 Å². The summed E-state index contributed by atoms with van der Waals surface area (Å²) in [5, 5.41) is 27.8. The van der Waals surface area contributed by atoms with E-state index in [2.05, 4.69) is 0 Å². The molecule has 0 aromatic heterocycles. The molecule has 12 heavy (non-hydrogen) atoms. The Morgan fingerprint density at radius 3 is 2.00 bits per heavy atom. The first-order valence-corrected chi connectivity index (χ1v) is 3.70. The third kappa shape index (κ3) is 0.626. The highest BCUT2D eigenvalue weighted by Crippen LogP contribution is 2.33. The highest BCUT2D eigenvalue weighted by atomic mass is 16.4. The number of nitrogens with zero attached hydrogens (tertiary/aromatic N) is 2. The van der Waals surface area contributed by atoms with Crippen LogP contribution in [0.4, 0.5) is 4.79 Å². The minimum Gasteiger partial charge on any atom is -0.371 e. The number of piperazine rings is 1. The summed E-state index contributed by atoms with van der Waals surface area (Å²) in [5.41, 5.74) is 0. The summed E-state index contributed by atoms with van der Waals surface area (Å²) in [6.07, 6.45) is -3.53. The van der Waals surface area contributed by atoms with E-state index in [0.29, 0.717) is 0 Å². The molecule has 2 fully saturated rings. The second-order valence-corrected chi connectivity index (χ2v) is 3.08. The van der Waals surface area contributed by atoms with E-state index in [1.165, 1.54) is 0 Å². The quantitative estimate of drug-likeness (QED) is 0.400. The number of carbonyl (C=O) groups excluding carboxylic acids is 1. The number of aliphatic hydroxyl groups is 3. The molecule has 68 valence electrons. The van der Waals surface area contributed by atoms with Gasteiger partial charge < -0.3 is 15.3 Å². The maximum Gasteiger partial charge on any atom is 0.326 e. The molecule has 2 amide bonds. The molecule has 0 aromatic rings. The largest absolute Gasteiger partial charge is 0.371 e. The molecule has 2 aliphatic heterocycles. The van der Waals surface area contributed by atoms with Gasteiger partial charge in [-0.25, -0.2) is 4.79 Å². The average Bonchev–Trinajstić information content (AvgIpc) is 2.33. The molecule has 2 rings (SSSR count). The van der Waals surface area contributed by atoms with E-state index in [4.69, 9.17) is 0 Å². The first kappa shape index (κ1) is 7.78. The Balaban J connectivity index is 2.35. The van der Waals surface area contributed by atoms with Crippen LogP contribution in [0.2, 0.25) is 0 Å². The molecule has 0 spiro atoms. The van der Waals surface area contributed by atoms with Gasteiger partial charge in [0.25, 0.3) is 0 Å². The maximum absolute atomic E-state index is 11.2. The molecular formula is C6H10N2O4. The number of aliphatic hydroxyl groups excluding tert-OH is 3. The molecule has 2 aliphatic rings. The molecule has 0 saturated carbocycles. The third-order valence-corrected chi connectivity index (χ3v) is 2.43. The van der Waals surface area contributed by atoms with Crippen molar-refractivity contribution >= 4 is 6.03 Å². The normalized spacial score (nSPS) is 46.2. The lowest BCUT2D eigenvalue weighted by Gasteiger charge is -2.32. The Kier molecular flexibility index (Phi) is 1.36. The van der Waals surface area contributed by atoms with Gasteiger partial charge in [-0.1, -0.05) is 0 Å². The second-order valence-electron chi connectivity index (χ2n) is 3.08. The Morgan fingerprint density at radius 1 is 1.08 bits per heavy atom. The molecule has 4 unspecified atom stereocenters. The number of hydrogen-bond acceptors (Lipinski definition) is 4. The van der Waals surface area contributed by atoms with Crippen LogP contribution in [0.3, 0.4) is 0 Å². The Bertz CT molecular complexity index is 196. The van der Waals surface area contributed by atoms with E-state index in [1.807, 2.05) is 0 Å². The van der Waals surface area contributed by atoms with Gasteiger partial charge >= 0.3 is 6.03 Å². The fraction of sp³-hybridized carbons (Fsp3) is 0.833. The number of fused-ring (bicyclic) bond motifs is 2. The van der Waals surface area contributed by atoms with E-state index in [-0.39, 0.29) is 0 Å². The number of carbonyl (C=O) groups is 1. The van der Waals surface area contributed by atoms with Crippen molar-refractivity contribution < 1.29 is 20.1 Å². The van der Waals surface area contributed by atoms with Gasteiger partial charge in [0.15, 0.2) is 18.7 Å². The van der Waals surface area contributed by atoms with E-state index in [0.717, 1.165) is 9.80 Å². The molecule has 0 radical (unpaired) electrons. The first-order valence-electron chi connectivity index (χ1n) is 3.70. The van der Waals surface area contributed by atoms with E-state index < -0.39 is 30.8 Å². The predicted molar refractivity (Wildman–Crippen MR) is 36.6 cm³/mol. The topological polar surface area (TPSA) is 84.2 Å². The summed E-state index contributed by atoms with van der Waals surface area (Å²) in [4.78, 5) is 13.1. The van der Waals surface area contributed by atoms with Crippen LogP contribution in [0.15, 0.2) is 0 Å². The fourth-order valence-electron chi connectivity index (χ4n) is 1.71. The molecule has 6 heteroatoms. The Hall–Kier alpha value is -0.850. The Morgan fingerprint density at radius 2 is 1.58 bits per heavy atom. The number of amides is 2. The highest BCUT2D eigenvalue weighted by Gasteiger charge is 2.57. The van der Waals surface area contributed by atoms with Crippen molar-refractivity contribution in [3.63, 3.8) is 0 Å². The number of rotatable bonds is 0. The molecule has 2 bridgehead atoms. The molecular weight excluding hydrogens is 164 g/mol. The predicted octanol–water partition coefficient (Wildman–Crippen LogP) is -1.92. The van der Waals surface area contributed by atoms with Crippen molar-refractivity contribution in [2.24, 2.45) is 0 Å². The van der Waals surface area contributed by atoms with Gasteiger partial charge in [0.05, 0.1) is 6.04 Å². The maximum atomic E-state index is 11.2. The third-order valence-electron chi connectivity index (χ3n) is 2.43. The van der Waals surface area contributed by atoms with E-state index >= 15 is 0 Å². The van der Waals surface area contributed by atoms with Gasteiger partial charge in [-0.05, 0) is 6.92 Å². The van der Waals surface area contributed by atoms with Crippen molar-refractivity contribution in [2.45, 2.75) is 31.6 Å². The molecule has 0 aliphatic carbocycles. The first-order chi connectivity index (χ1) is 5.55. The second kappa shape index (κ2) is 2.09. The number of urea groups is 1. The van der Waals surface area contributed by atoms with Crippen LogP contribution in [0.1, 0.15) is 6.92 Å². The zero-order valence-corrected chi connectivity index (χ0v) is 6.45. The van der Waals surface area contributed by atoms with Gasteiger partial charge in [0, 0.05) is 0 Å². The lowest BCUT2D eigenvalue weighted by Crippen LogP contribution is -2.53. The molecule has 4 atom stereocenters. The molecule has 2 heterocycles. The Labute approximate surface area is 68.6 Å². The lowest BCUT2D eigenvalue weighted by molar-refractivity contribution is -0.162. The zero-order valence-electron chi connectivity index (χ0n) is 6.45. The lowest BCUT2D eigenvalue weighted by atomic mass is 10.2. The van der Waals surface area contributed by atoms with Crippen LogP contribution >= 0.6 is 0 Å². The summed E-state index contributed by atoms with van der Waals surface area (Å²) in [6, 6.07) is -0.981. The molecule has 2 saturated heterocycles. The fourth-order valence-corrected chi connectivity index (χ4v) is 1.71. The molecule has 0 aromatic carbocycles. The minimum absolute atomic E-state index is 0.462. The smallest absolute Gasteiger partial charge is 0.326 e. The van der Waals surface area contributed by atoms with Crippen LogP contribution in [-0.4, -0.2) is 55.9 Å². The zero-order chi connectivity index (χ0) is 9.04. The van der Waals surface area contributed by atoms with Gasteiger partial charge in [-0.15, -0.1) is 0 Å². The van der Waals surface area contributed by atoms with Crippen molar-refractivity contribution in [1.29, 1.82) is 0 Å². The van der Waals surface area contributed by atoms with Crippen molar-refractivity contribution in [2.75, 3.05) is 0 Å². The molecule has 6 nitrogen and oxygen atoms in total. The number of hydrogen-bond donors (Lipinski definition) is 3. The van der Waals surface area contributed by atoms with Crippen molar-refractivity contribution in [3.05, 3.63) is 0 Å². The summed E-state index contributed by atoms with van der Waals surface area (Å²) < 4.78 is 0. The van der Waals surface area contributed by atoms with E-state index in [9.17, 15) is 20.1 Å². The average molecular weight is 174 g/mol. The van der Waals surface area contributed by atoms with Crippen LogP contribution in [0.25, 0.3) is 0 Å². The van der Waals surface area contributed by atoms with Gasteiger partial charge in [-0.3, -0.25) is 9.80 Å². The van der Waals surface area contributed by atoms with Crippen molar-refractivity contribution in [1.82, 2.24) is 9.80 Å². The van der Waals surface area contributed by atoms with Gasteiger partial charge in [0.2, 0.25) is 0 Å². The van der Waals surface area contributed by atoms with Crippen molar-refractivity contribution in [3.8, 4) is 0 Å².